The quantitative estimate of drug-likeness (QED) is 0.215. The third-order valence-electron chi connectivity index (χ3n) is 8.82. The van der Waals surface area contributed by atoms with E-state index >= 15 is 0 Å². The maximum Gasteiger partial charge on any atom is 0.160 e. The number of para-hydroxylation sites is 2. The zero-order valence-corrected chi connectivity index (χ0v) is 23.7. The summed E-state index contributed by atoms with van der Waals surface area (Å²) in [5, 5.41) is 0. The van der Waals surface area contributed by atoms with E-state index in [1.54, 1.807) is 0 Å². The fourth-order valence-corrected chi connectivity index (χ4v) is 6.93. The van der Waals surface area contributed by atoms with E-state index in [0.717, 1.165) is 73.1 Å². The van der Waals surface area contributed by atoms with Crippen LogP contribution in [0.15, 0.2) is 152 Å². The minimum atomic E-state index is -0.598. The highest BCUT2D eigenvalue weighted by Crippen LogP contribution is 2.61. The molecule has 0 radical (unpaired) electrons. The summed E-state index contributed by atoms with van der Waals surface area (Å²) in [6.07, 6.45) is 1.88. The van der Waals surface area contributed by atoms with Crippen LogP contribution in [-0.2, 0) is 5.41 Å². The van der Waals surface area contributed by atoms with E-state index in [1.807, 2.05) is 60.8 Å². The molecule has 3 heterocycles. The lowest BCUT2D eigenvalue weighted by molar-refractivity contribution is 0.436. The molecule has 0 saturated heterocycles. The van der Waals surface area contributed by atoms with Crippen LogP contribution in [-0.4, -0.2) is 15.0 Å². The van der Waals surface area contributed by atoms with Gasteiger partial charge in [-0.2, -0.15) is 0 Å². The summed E-state index contributed by atoms with van der Waals surface area (Å²) < 4.78 is 6.49. The van der Waals surface area contributed by atoms with Crippen molar-refractivity contribution in [3.05, 3.63) is 174 Å². The molecule has 0 saturated carbocycles. The van der Waals surface area contributed by atoms with Crippen molar-refractivity contribution in [2.45, 2.75) is 5.41 Å². The third-order valence-corrected chi connectivity index (χ3v) is 8.82. The van der Waals surface area contributed by atoms with Gasteiger partial charge in [0.05, 0.1) is 22.5 Å². The Morgan fingerprint density at radius 2 is 1.02 bits per heavy atom. The molecule has 2 aliphatic rings. The van der Waals surface area contributed by atoms with Crippen molar-refractivity contribution >= 4 is 0 Å². The van der Waals surface area contributed by atoms with Crippen LogP contribution in [0.4, 0.5) is 0 Å². The first-order valence-electron chi connectivity index (χ1n) is 14.8. The number of hydrogen-bond donors (Lipinski definition) is 0. The van der Waals surface area contributed by atoms with Gasteiger partial charge >= 0.3 is 0 Å². The maximum atomic E-state index is 6.49. The van der Waals surface area contributed by atoms with Crippen LogP contribution in [0.3, 0.4) is 0 Å². The summed E-state index contributed by atoms with van der Waals surface area (Å²) in [7, 11) is 0. The molecule has 9 rings (SSSR count). The molecule has 0 bridgehead atoms. The summed E-state index contributed by atoms with van der Waals surface area (Å²) in [5.41, 5.74) is 10.8. The summed E-state index contributed by atoms with van der Waals surface area (Å²) in [4.78, 5) is 15.2. The molecule has 4 heteroatoms. The van der Waals surface area contributed by atoms with Crippen molar-refractivity contribution in [1.29, 1.82) is 0 Å². The molecular formula is C40H25N3O. The second kappa shape index (κ2) is 9.58. The number of fused-ring (bicyclic) bond motifs is 9. The average Bonchev–Trinajstić information content (AvgIpc) is 3.39. The number of hydrogen-bond acceptors (Lipinski definition) is 4. The Balaban J connectivity index is 1.33. The smallest absolute Gasteiger partial charge is 0.160 e. The van der Waals surface area contributed by atoms with Crippen molar-refractivity contribution in [1.82, 2.24) is 15.0 Å². The largest absolute Gasteiger partial charge is 0.457 e. The summed E-state index contributed by atoms with van der Waals surface area (Å²) in [5.74, 6) is 2.39. The normalized spacial score (nSPS) is 13.4. The van der Waals surface area contributed by atoms with Crippen LogP contribution in [0.2, 0.25) is 0 Å². The van der Waals surface area contributed by atoms with Crippen molar-refractivity contribution < 1.29 is 4.74 Å². The van der Waals surface area contributed by atoms with E-state index in [1.165, 1.54) is 0 Å². The fraction of sp³-hybridized carbons (Fsp3) is 0.0250. The first-order chi connectivity index (χ1) is 21.8. The lowest BCUT2D eigenvalue weighted by Gasteiger charge is -2.39. The Morgan fingerprint density at radius 3 is 1.66 bits per heavy atom. The van der Waals surface area contributed by atoms with E-state index < -0.39 is 5.41 Å². The molecule has 2 aromatic heterocycles. The second-order valence-electron chi connectivity index (χ2n) is 11.2. The van der Waals surface area contributed by atoms with Gasteiger partial charge in [0, 0.05) is 39.6 Å². The fourth-order valence-electron chi connectivity index (χ4n) is 6.93. The van der Waals surface area contributed by atoms with Crippen molar-refractivity contribution in [2.75, 3.05) is 0 Å². The molecule has 206 valence electrons. The second-order valence-corrected chi connectivity index (χ2v) is 11.2. The molecule has 0 N–H and O–H groups in total. The van der Waals surface area contributed by atoms with Gasteiger partial charge in [0.2, 0.25) is 0 Å². The van der Waals surface area contributed by atoms with Crippen LogP contribution in [0, 0.1) is 0 Å². The lowest BCUT2D eigenvalue weighted by atomic mass is 9.66. The number of ether oxygens (including phenoxy) is 1. The summed E-state index contributed by atoms with van der Waals surface area (Å²) in [6, 6.07) is 50.3. The Morgan fingerprint density at radius 1 is 0.455 bits per heavy atom. The van der Waals surface area contributed by atoms with Gasteiger partial charge in [0.25, 0.3) is 0 Å². The van der Waals surface area contributed by atoms with Gasteiger partial charge in [-0.05, 0) is 41.5 Å². The molecule has 0 unspecified atom stereocenters. The van der Waals surface area contributed by atoms with Gasteiger partial charge in [0.1, 0.15) is 11.5 Å². The topological polar surface area (TPSA) is 47.9 Å². The van der Waals surface area contributed by atoms with Crippen LogP contribution in [0.5, 0.6) is 11.5 Å². The summed E-state index contributed by atoms with van der Waals surface area (Å²) in [6.45, 7) is 0. The van der Waals surface area contributed by atoms with Gasteiger partial charge in [-0.1, -0.05) is 115 Å². The monoisotopic (exact) mass is 563 g/mol. The minimum Gasteiger partial charge on any atom is -0.457 e. The van der Waals surface area contributed by atoms with Gasteiger partial charge in [-0.3, -0.25) is 4.98 Å². The van der Waals surface area contributed by atoms with E-state index in [2.05, 4.69) is 91.0 Å². The highest BCUT2D eigenvalue weighted by molar-refractivity contribution is 5.88. The van der Waals surface area contributed by atoms with E-state index in [4.69, 9.17) is 19.7 Å². The Bertz CT molecular complexity index is 2110. The molecule has 0 atom stereocenters. The number of pyridine rings is 1. The molecule has 1 aliphatic heterocycles. The zero-order valence-electron chi connectivity index (χ0n) is 23.7. The predicted molar refractivity (Wildman–Crippen MR) is 174 cm³/mol. The van der Waals surface area contributed by atoms with E-state index in [0.29, 0.717) is 5.82 Å². The first-order valence-corrected chi connectivity index (χ1v) is 14.8. The van der Waals surface area contributed by atoms with Crippen molar-refractivity contribution in [2.24, 2.45) is 0 Å². The van der Waals surface area contributed by atoms with Crippen LogP contribution >= 0.6 is 0 Å². The van der Waals surface area contributed by atoms with Gasteiger partial charge in [-0.15, -0.1) is 0 Å². The standard InChI is InChI=1S/C40H25N3O/c1-3-12-26(13-4-1)34-25-35(27-14-5-2-6-15-27)43-39(42-34)28-21-22-29-33(24-28)40(32-18-11-23-41-38(29)32)30-16-7-9-19-36(30)44-37-20-10-8-17-31(37)40/h1-25H. The van der Waals surface area contributed by atoms with E-state index in [-0.39, 0.29) is 0 Å². The van der Waals surface area contributed by atoms with Gasteiger partial charge < -0.3 is 4.74 Å². The molecule has 7 aromatic rings. The molecule has 0 fully saturated rings. The number of aromatic nitrogens is 3. The minimum absolute atomic E-state index is 0.598. The lowest BCUT2D eigenvalue weighted by Crippen LogP contribution is -2.32. The number of benzene rings is 5. The number of rotatable bonds is 3. The molecule has 5 aromatic carbocycles. The molecule has 1 aliphatic carbocycles. The third kappa shape index (κ3) is 3.55. The van der Waals surface area contributed by atoms with Crippen molar-refractivity contribution in [3.8, 4) is 56.7 Å². The highest BCUT2D eigenvalue weighted by Gasteiger charge is 2.51. The van der Waals surface area contributed by atoms with Crippen LogP contribution in [0.25, 0.3) is 45.2 Å². The number of nitrogens with zero attached hydrogens (tertiary/aromatic N) is 3. The predicted octanol–water partition coefficient (Wildman–Crippen LogP) is 9.34. The van der Waals surface area contributed by atoms with E-state index in [9.17, 15) is 0 Å². The molecule has 0 amide bonds. The Labute approximate surface area is 255 Å². The molecule has 4 nitrogen and oxygen atoms in total. The average molecular weight is 564 g/mol. The van der Waals surface area contributed by atoms with Gasteiger partial charge in [-0.25, -0.2) is 9.97 Å². The molecule has 44 heavy (non-hydrogen) atoms. The molecular weight excluding hydrogens is 538 g/mol. The van der Waals surface area contributed by atoms with Crippen LogP contribution in [0.1, 0.15) is 22.3 Å². The highest BCUT2D eigenvalue weighted by atomic mass is 16.5. The maximum absolute atomic E-state index is 6.49. The first kappa shape index (κ1) is 24.7. The molecule has 1 spiro atoms. The van der Waals surface area contributed by atoms with Crippen molar-refractivity contribution in [3.63, 3.8) is 0 Å². The Kier molecular flexibility index (Phi) is 5.38. The zero-order chi connectivity index (χ0) is 29.1. The SMILES string of the molecule is c1ccc(-c2cc(-c3ccccc3)nc(-c3ccc4c(c3)C3(c5ccccc5Oc5ccccc53)c3cccnc3-4)n2)cc1. The summed E-state index contributed by atoms with van der Waals surface area (Å²) >= 11 is 0. The Hall–Kier alpha value is -5.87. The van der Waals surface area contributed by atoms with Crippen LogP contribution < -0.4 is 4.74 Å². The van der Waals surface area contributed by atoms with Gasteiger partial charge in [0.15, 0.2) is 5.82 Å².